The standard InChI is InChI=1S/C45H55F2N5O2Si/c1-26(2)55(27(3)4,28(5)6)19-15-33-37(46)14-13-31-20-32(53)21-35(38(31)33)40-30(8)41-36(23-48-40)43(52-18-10-9-12-34-39(47)42(34)52)50-44(49-41)54-25-45-16-11-17-51(45)24-29(7)22-45/h13-14,20-21,23,26-28,34,39,42,53H,7,9-12,16-18,22,24-25H2,1-6,8H3/t34-,39-,42-,45-/m0/s1/i25D2. The van der Waals surface area contributed by atoms with Crippen molar-refractivity contribution in [1.82, 2.24) is 19.9 Å². The first-order valence-electron chi connectivity index (χ1n) is 21.2. The van der Waals surface area contributed by atoms with E-state index in [9.17, 15) is 7.85 Å². The minimum absolute atomic E-state index is 0.00275. The van der Waals surface area contributed by atoms with Crippen LogP contribution in [-0.2, 0) is 0 Å². The summed E-state index contributed by atoms with van der Waals surface area (Å²) in [6, 6.07) is 5.82. The van der Waals surface area contributed by atoms with E-state index >= 15 is 8.78 Å². The molecule has 8 rings (SSSR count). The Morgan fingerprint density at radius 2 is 1.85 bits per heavy atom. The predicted molar refractivity (Wildman–Crippen MR) is 221 cm³/mol. The number of phenolic OH excluding ortho intramolecular Hbond substituents is 1. The summed E-state index contributed by atoms with van der Waals surface area (Å²) < 4.78 is 56.6. The molecule has 4 aromatic rings. The van der Waals surface area contributed by atoms with Gasteiger partial charge in [-0.2, -0.15) is 9.97 Å². The van der Waals surface area contributed by atoms with Crippen molar-refractivity contribution in [3.05, 3.63) is 59.6 Å². The van der Waals surface area contributed by atoms with E-state index in [0.29, 0.717) is 86.9 Å². The maximum absolute atomic E-state index is 16.2. The SMILES string of the molecule is [2H]C([2H])(Oc1nc(N2CCCC[C@H]3[C@H](F)[C@H]32)c2cnc(-c3cc(O)cc4ccc(F)c(C#C[Si](C(C)C)(C(C)C)C(C)C)c34)c(C)c2n1)[C@@]12CCCN1CC(=C)C2. The van der Waals surface area contributed by atoms with E-state index in [4.69, 9.17) is 19.7 Å². The number of hydrogen-bond acceptors (Lipinski definition) is 7. The van der Waals surface area contributed by atoms with E-state index in [1.54, 1.807) is 24.4 Å². The van der Waals surface area contributed by atoms with Gasteiger partial charge >= 0.3 is 6.01 Å². The topological polar surface area (TPSA) is 74.6 Å². The Morgan fingerprint density at radius 1 is 1.09 bits per heavy atom. The third-order valence-electron chi connectivity index (χ3n) is 13.3. The van der Waals surface area contributed by atoms with E-state index in [-0.39, 0.29) is 29.3 Å². The molecule has 1 saturated carbocycles. The Balaban J connectivity index is 1.33. The highest BCUT2D eigenvalue weighted by molar-refractivity contribution is 6.90. The van der Waals surface area contributed by atoms with Crippen LogP contribution in [0.4, 0.5) is 14.6 Å². The highest BCUT2D eigenvalue weighted by atomic mass is 28.3. The van der Waals surface area contributed by atoms with Crippen molar-refractivity contribution >= 4 is 35.6 Å². The number of fused-ring (bicyclic) bond motifs is 4. The number of benzene rings is 2. The highest BCUT2D eigenvalue weighted by Crippen LogP contribution is 2.49. The minimum atomic E-state index is -2.25. The summed E-state index contributed by atoms with van der Waals surface area (Å²) >= 11 is 0. The van der Waals surface area contributed by atoms with Crippen molar-refractivity contribution in [2.24, 2.45) is 5.92 Å². The lowest BCUT2D eigenvalue weighted by Crippen LogP contribution is -2.43. The lowest BCUT2D eigenvalue weighted by Gasteiger charge is -2.38. The van der Waals surface area contributed by atoms with Gasteiger partial charge in [-0.25, -0.2) is 8.78 Å². The smallest absolute Gasteiger partial charge is 0.319 e. The van der Waals surface area contributed by atoms with E-state index in [1.807, 2.05) is 11.8 Å². The van der Waals surface area contributed by atoms with Crippen LogP contribution in [0.5, 0.6) is 11.8 Å². The number of pyridine rings is 1. The van der Waals surface area contributed by atoms with Crippen molar-refractivity contribution in [2.75, 3.05) is 31.1 Å². The third kappa shape index (κ3) is 6.30. The molecule has 3 aliphatic heterocycles. The Labute approximate surface area is 328 Å². The van der Waals surface area contributed by atoms with Crippen LogP contribution in [0.3, 0.4) is 0 Å². The molecule has 0 unspecified atom stereocenters. The summed E-state index contributed by atoms with van der Waals surface area (Å²) in [5, 5.41) is 12.9. The van der Waals surface area contributed by atoms with Crippen molar-refractivity contribution in [3.63, 3.8) is 0 Å². The van der Waals surface area contributed by atoms with Gasteiger partial charge < -0.3 is 14.7 Å². The lowest BCUT2D eigenvalue weighted by atomic mass is 9.94. The second-order valence-electron chi connectivity index (χ2n) is 17.5. The molecular weight excluding hydrogens is 709 g/mol. The zero-order chi connectivity index (χ0) is 40.8. The largest absolute Gasteiger partial charge is 0.508 e. The molecule has 1 aliphatic carbocycles. The van der Waals surface area contributed by atoms with Gasteiger partial charge in [0, 0.05) is 41.7 Å². The second-order valence-corrected chi connectivity index (χ2v) is 23.0. The Bertz CT molecular complexity index is 2320. The van der Waals surface area contributed by atoms with Crippen molar-refractivity contribution in [1.29, 1.82) is 0 Å². The average molecular weight is 766 g/mol. The molecule has 5 heterocycles. The number of ether oxygens (including phenoxy) is 1. The first-order chi connectivity index (χ1) is 27.0. The summed E-state index contributed by atoms with van der Waals surface area (Å²) in [6.45, 7) is 19.2. The molecule has 2 aromatic carbocycles. The number of aryl methyl sites for hydroxylation is 1. The van der Waals surface area contributed by atoms with Gasteiger partial charge in [0.15, 0.2) is 0 Å². The number of nitrogens with zero attached hydrogens (tertiary/aromatic N) is 5. The van der Waals surface area contributed by atoms with Gasteiger partial charge in [0.25, 0.3) is 0 Å². The van der Waals surface area contributed by atoms with Gasteiger partial charge in [0.05, 0.1) is 36.5 Å². The summed E-state index contributed by atoms with van der Waals surface area (Å²) in [5.41, 5.74) is 7.13. The molecule has 2 aromatic heterocycles. The van der Waals surface area contributed by atoms with E-state index < -0.39 is 32.2 Å². The molecule has 55 heavy (non-hydrogen) atoms. The number of anilines is 1. The second kappa shape index (κ2) is 14.1. The maximum atomic E-state index is 16.2. The summed E-state index contributed by atoms with van der Waals surface area (Å²) in [6.07, 6.45) is 5.23. The summed E-state index contributed by atoms with van der Waals surface area (Å²) in [4.78, 5) is 18.9. The van der Waals surface area contributed by atoms with Gasteiger partial charge in [-0.15, -0.1) is 5.54 Å². The Kier molecular flexibility index (Phi) is 9.09. The summed E-state index contributed by atoms with van der Waals surface area (Å²) in [7, 11) is -2.25. The number of alkyl halides is 1. The minimum Gasteiger partial charge on any atom is -0.508 e. The number of halogens is 2. The van der Waals surface area contributed by atoms with Crippen LogP contribution in [0.1, 0.15) is 93.9 Å². The number of phenols is 1. The molecule has 3 saturated heterocycles. The van der Waals surface area contributed by atoms with Crippen LogP contribution < -0.4 is 9.64 Å². The van der Waals surface area contributed by atoms with Crippen molar-refractivity contribution < 1.29 is 21.4 Å². The van der Waals surface area contributed by atoms with Crippen LogP contribution in [-0.4, -0.2) is 77.0 Å². The van der Waals surface area contributed by atoms with Crippen LogP contribution >= 0.6 is 0 Å². The number of aromatic hydroxyl groups is 1. The van der Waals surface area contributed by atoms with E-state index in [1.165, 1.54) is 6.07 Å². The van der Waals surface area contributed by atoms with Gasteiger partial charge in [0.1, 0.15) is 38.2 Å². The Hall–Kier alpha value is -4.07. The van der Waals surface area contributed by atoms with E-state index in [0.717, 1.165) is 37.8 Å². The predicted octanol–water partition coefficient (Wildman–Crippen LogP) is 10.1. The Morgan fingerprint density at radius 3 is 2.60 bits per heavy atom. The summed E-state index contributed by atoms with van der Waals surface area (Å²) in [5.74, 6) is 3.30. The first kappa shape index (κ1) is 35.3. The number of hydrogen-bond donors (Lipinski definition) is 1. The molecule has 4 aliphatic rings. The van der Waals surface area contributed by atoms with Crippen LogP contribution in [0.2, 0.25) is 16.6 Å². The third-order valence-corrected chi connectivity index (χ3v) is 19.6. The fourth-order valence-corrected chi connectivity index (χ4v) is 15.8. The molecule has 0 bridgehead atoms. The molecule has 4 atom stereocenters. The fourth-order valence-electron chi connectivity index (χ4n) is 10.6. The van der Waals surface area contributed by atoms with Gasteiger partial charge in [-0.3, -0.25) is 9.88 Å². The quantitative estimate of drug-likeness (QED) is 0.109. The van der Waals surface area contributed by atoms with Gasteiger partial charge in [-0.05, 0) is 85.8 Å². The van der Waals surface area contributed by atoms with Crippen LogP contribution in [0, 0.1) is 30.1 Å². The monoisotopic (exact) mass is 765 g/mol. The maximum Gasteiger partial charge on any atom is 0.319 e. The molecule has 10 heteroatoms. The number of aromatic nitrogens is 3. The number of rotatable bonds is 8. The van der Waals surface area contributed by atoms with Crippen molar-refractivity contribution in [3.8, 4) is 34.5 Å². The van der Waals surface area contributed by atoms with E-state index in [2.05, 4.69) is 64.5 Å². The zero-order valence-corrected chi connectivity index (χ0v) is 34.3. The van der Waals surface area contributed by atoms with Crippen molar-refractivity contribution in [2.45, 2.75) is 121 Å². The van der Waals surface area contributed by atoms with Crippen LogP contribution in [0.25, 0.3) is 32.9 Å². The molecule has 4 fully saturated rings. The molecule has 290 valence electrons. The average Bonchev–Trinajstić information content (AvgIpc) is 3.50. The van der Waals surface area contributed by atoms with Gasteiger partial charge in [0.2, 0.25) is 0 Å². The lowest BCUT2D eigenvalue weighted by molar-refractivity contribution is 0.108. The zero-order valence-electron chi connectivity index (χ0n) is 35.3. The molecular formula is C45H55F2N5O2Si. The molecule has 0 spiro atoms. The fraction of sp³-hybridized carbons (Fsp3) is 0.533. The van der Waals surface area contributed by atoms with Crippen LogP contribution in [0.15, 0.2) is 42.6 Å². The molecule has 1 N–H and O–H groups in total. The normalized spacial score (nSPS) is 24.9. The molecule has 0 amide bonds. The highest BCUT2D eigenvalue weighted by Gasteiger charge is 2.55. The molecule has 7 nitrogen and oxygen atoms in total. The first-order valence-corrected chi connectivity index (χ1v) is 22.4. The molecule has 0 radical (unpaired) electrons. The van der Waals surface area contributed by atoms with Gasteiger partial charge in [-0.1, -0.05) is 72.1 Å².